The molecule has 0 spiro atoms. The molecule has 0 unspecified atom stereocenters. The van der Waals surface area contributed by atoms with Crippen LogP contribution in [-0.4, -0.2) is 27.3 Å². The van der Waals surface area contributed by atoms with Crippen LogP contribution >= 0.6 is 0 Å². The van der Waals surface area contributed by atoms with Crippen LogP contribution in [0, 0.1) is 5.92 Å². The quantitative estimate of drug-likeness (QED) is 0.687. The zero-order valence-corrected chi connectivity index (χ0v) is 15.8. The molecule has 3 heterocycles. The fraction of sp³-hybridized carbons (Fsp3) is 0.292. The Balaban J connectivity index is 1.62. The summed E-state index contributed by atoms with van der Waals surface area (Å²) in [5.41, 5.74) is 5.60. The van der Waals surface area contributed by atoms with Crippen molar-refractivity contribution in [2.75, 3.05) is 6.54 Å². The van der Waals surface area contributed by atoms with Crippen LogP contribution in [-0.2, 0) is 11.2 Å². The molecule has 2 aliphatic rings. The van der Waals surface area contributed by atoms with Crippen LogP contribution in [0.25, 0.3) is 11.3 Å². The first kappa shape index (κ1) is 17.1. The number of amides is 1. The first-order valence-corrected chi connectivity index (χ1v) is 10.1. The van der Waals surface area contributed by atoms with Gasteiger partial charge in [-0.15, -0.1) is 0 Å². The Labute approximate surface area is 165 Å². The highest BCUT2D eigenvalue weighted by Gasteiger charge is 2.38. The number of aryl methyl sites for hydroxylation is 1. The van der Waals surface area contributed by atoms with Gasteiger partial charge in [0, 0.05) is 36.6 Å². The van der Waals surface area contributed by atoms with Crippen molar-refractivity contribution in [2.45, 2.75) is 31.7 Å². The number of nitrogens with zero attached hydrogens (tertiary/aromatic N) is 3. The molecule has 4 heteroatoms. The van der Waals surface area contributed by atoms with Crippen LogP contribution in [0.3, 0.4) is 0 Å². The van der Waals surface area contributed by atoms with E-state index in [1.165, 1.54) is 11.1 Å². The van der Waals surface area contributed by atoms with Crippen molar-refractivity contribution >= 4 is 5.91 Å². The summed E-state index contributed by atoms with van der Waals surface area (Å²) in [6.07, 6.45) is 9.53. The van der Waals surface area contributed by atoms with Crippen LogP contribution in [0.15, 0.2) is 67.1 Å². The summed E-state index contributed by atoms with van der Waals surface area (Å²) in [5.74, 6) is 0.522. The predicted molar refractivity (Wildman–Crippen MR) is 109 cm³/mol. The molecule has 4 nitrogen and oxygen atoms in total. The summed E-state index contributed by atoms with van der Waals surface area (Å²) in [5, 5.41) is 0. The summed E-state index contributed by atoms with van der Waals surface area (Å²) < 4.78 is 0. The third-order valence-corrected chi connectivity index (χ3v) is 5.77. The van der Waals surface area contributed by atoms with Gasteiger partial charge in [-0.1, -0.05) is 24.3 Å². The summed E-state index contributed by atoms with van der Waals surface area (Å²) >= 11 is 0. The molecule has 2 aromatic heterocycles. The van der Waals surface area contributed by atoms with Crippen molar-refractivity contribution in [3.63, 3.8) is 0 Å². The van der Waals surface area contributed by atoms with Gasteiger partial charge in [-0.05, 0) is 66.6 Å². The van der Waals surface area contributed by atoms with Crippen LogP contribution in [0.5, 0.6) is 0 Å². The highest BCUT2D eigenvalue weighted by atomic mass is 16.2. The van der Waals surface area contributed by atoms with Crippen LogP contribution in [0.4, 0.5) is 0 Å². The van der Waals surface area contributed by atoms with Gasteiger partial charge in [0.2, 0.25) is 5.91 Å². The highest BCUT2D eigenvalue weighted by molar-refractivity contribution is 5.82. The van der Waals surface area contributed by atoms with Crippen LogP contribution in [0.2, 0.25) is 0 Å². The van der Waals surface area contributed by atoms with E-state index in [-0.39, 0.29) is 12.0 Å². The average Bonchev–Trinajstić information content (AvgIpc) is 3.60. The first-order valence-electron chi connectivity index (χ1n) is 10.1. The van der Waals surface area contributed by atoms with Gasteiger partial charge in [0.1, 0.15) is 0 Å². The molecule has 1 amide bonds. The topological polar surface area (TPSA) is 46.1 Å². The molecule has 5 rings (SSSR count). The number of fused-ring (bicyclic) bond motifs is 1. The maximum atomic E-state index is 13.2. The van der Waals surface area contributed by atoms with E-state index in [1.807, 2.05) is 24.5 Å². The molecule has 140 valence electrons. The second-order valence-electron chi connectivity index (χ2n) is 7.73. The molecule has 1 saturated carbocycles. The SMILES string of the molecule is O=C(C1CC1)N1CCCc2ccccc2[C@H]1c1ccnc(-c2cccnc2)c1. The standard InChI is InChI=1S/C24H23N3O/c28-24(18-9-10-18)27-14-4-7-17-5-1-2-8-21(17)23(27)19-11-13-26-22(15-19)20-6-3-12-25-16-20/h1-3,5-6,8,11-13,15-16,18,23H,4,7,9-10,14H2/t23-/m1/s1. The molecular weight excluding hydrogens is 346 g/mol. The molecule has 1 fully saturated rings. The van der Waals surface area contributed by atoms with E-state index in [2.05, 4.69) is 51.3 Å². The molecule has 1 aliphatic carbocycles. The minimum Gasteiger partial charge on any atom is -0.331 e. The molecule has 1 atom stereocenters. The van der Waals surface area contributed by atoms with Gasteiger partial charge in [0.05, 0.1) is 11.7 Å². The molecule has 0 saturated heterocycles. The summed E-state index contributed by atoms with van der Waals surface area (Å²) in [4.78, 5) is 24.1. The highest BCUT2D eigenvalue weighted by Crippen LogP contribution is 2.39. The number of aromatic nitrogens is 2. The van der Waals surface area contributed by atoms with Crippen LogP contribution < -0.4 is 0 Å². The summed E-state index contributed by atoms with van der Waals surface area (Å²) in [7, 11) is 0. The normalized spacial score (nSPS) is 19.0. The fourth-order valence-electron chi connectivity index (χ4n) is 4.22. The second kappa shape index (κ2) is 7.19. The molecular formula is C24H23N3O. The van der Waals surface area contributed by atoms with Crippen molar-refractivity contribution in [3.8, 4) is 11.3 Å². The van der Waals surface area contributed by atoms with E-state index < -0.39 is 0 Å². The molecule has 0 radical (unpaired) electrons. The predicted octanol–water partition coefficient (Wildman–Crippen LogP) is 4.42. The monoisotopic (exact) mass is 369 g/mol. The number of carbonyl (C=O) groups excluding carboxylic acids is 1. The number of pyridine rings is 2. The van der Waals surface area contributed by atoms with Crippen molar-refractivity contribution in [3.05, 3.63) is 83.8 Å². The van der Waals surface area contributed by atoms with Gasteiger partial charge in [-0.25, -0.2) is 0 Å². The number of benzene rings is 1. The molecule has 3 aromatic rings. The molecule has 0 bridgehead atoms. The lowest BCUT2D eigenvalue weighted by molar-refractivity contribution is -0.134. The second-order valence-corrected chi connectivity index (χ2v) is 7.73. The lowest BCUT2D eigenvalue weighted by atomic mass is 9.92. The Kier molecular flexibility index (Phi) is 4.40. The third kappa shape index (κ3) is 3.19. The van der Waals surface area contributed by atoms with E-state index in [4.69, 9.17) is 0 Å². The zero-order chi connectivity index (χ0) is 18.9. The number of carbonyl (C=O) groups is 1. The Morgan fingerprint density at radius 3 is 2.75 bits per heavy atom. The van der Waals surface area contributed by atoms with Crippen LogP contribution in [0.1, 0.15) is 42.0 Å². The molecule has 1 aromatic carbocycles. The summed E-state index contributed by atoms with van der Waals surface area (Å²) in [6.45, 7) is 0.805. The average molecular weight is 369 g/mol. The van der Waals surface area contributed by atoms with Gasteiger partial charge in [0.15, 0.2) is 0 Å². The fourth-order valence-corrected chi connectivity index (χ4v) is 4.22. The largest absolute Gasteiger partial charge is 0.331 e. The van der Waals surface area contributed by atoms with E-state index in [1.54, 1.807) is 6.20 Å². The molecule has 1 aliphatic heterocycles. The van der Waals surface area contributed by atoms with Gasteiger partial charge < -0.3 is 4.90 Å². The number of rotatable bonds is 3. The third-order valence-electron chi connectivity index (χ3n) is 5.77. The lowest BCUT2D eigenvalue weighted by Gasteiger charge is -2.32. The van der Waals surface area contributed by atoms with Crippen molar-refractivity contribution in [1.82, 2.24) is 14.9 Å². The Morgan fingerprint density at radius 2 is 1.93 bits per heavy atom. The van der Waals surface area contributed by atoms with Crippen molar-refractivity contribution in [1.29, 1.82) is 0 Å². The smallest absolute Gasteiger partial charge is 0.226 e. The minimum absolute atomic E-state index is 0.0507. The van der Waals surface area contributed by atoms with Gasteiger partial charge in [0.25, 0.3) is 0 Å². The first-order chi connectivity index (χ1) is 13.8. The van der Waals surface area contributed by atoms with Gasteiger partial charge >= 0.3 is 0 Å². The van der Waals surface area contributed by atoms with E-state index in [0.29, 0.717) is 5.91 Å². The van der Waals surface area contributed by atoms with Crippen molar-refractivity contribution < 1.29 is 4.79 Å². The zero-order valence-electron chi connectivity index (χ0n) is 15.8. The van der Waals surface area contributed by atoms with E-state index >= 15 is 0 Å². The minimum atomic E-state index is -0.0507. The Bertz CT molecular complexity index is 997. The van der Waals surface area contributed by atoms with E-state index in [0.717, 1.165) is 49.0 Å². The lowest BCUT2D eigenvalue weighted by Crippen LogP contribution is -2.36. The summed E-state index contributed by atoms with van der Waals surface area (Å²) in [6, 6.07) is 16.6. The Hall–Kier alpha value is -3.01. The molecule has 28 heavy (non-hydrogen) atoms. The van der Waals surface area contributed by atoms with Gasteiger partial charge in [-0.2, -0.15) is 0 Å². The maximum absolute atomic E-state index is 13.2. The van der Waals surface area contributed by atoms with Crippen molar-refractivity contribution in [2.24, 2.45) is 5.92 Å². The number of hydrogen-bond acceptors (Lipinski definition) is 3. The molecule has 0 N–H and O–H groups in total. The Morgan fingerprint density at radius 1 is 1.04 bits per heavy atom. The van der Waals surface area contributed by atoms with E-state index in [9.17, 15) is 4.79 Å². The maximum Gasteiger partial charge on any atom is 0.226 e. The number of hydrogen-bond donors (Lipinski definition) is 0. The van der Waals surface area contributed by atoms with Gasteiger partial charge in [-0.3, -0.25) is 14.8 Å².